The van der Waals surface area contributed by atoms with Gasteiger partial charge in [-0.15, -0.1) is 0 Å². The summed E-state index contributed by atoms with van der Waals surface area (Å²) in [6.45, 7) is 3.68. The van der Waals surface area contributed by atoms with Gasteiger partial charge in [0.1, 0.15) is 23.1 Å². The summed E-state index contributed by atoms with van der Waals surface area (Å²) >= 11 is 5.96. The molecule has 0 spiro atoms. The van der Waals surface area contributed by atoms with Gasteiger partial charge in [0.15, 0.2) is 0 Å². The van der Waals surface area contributed by atoms with Crippen molar-refractivity contribution in [2.45, 2.75) is 13.8 Å². The summed E-state index contributed by atoms with van der Waals surface area (Å²) in [5, 5.41) is 20.4. The highest BCUT2D eigenvalue weighted by Gasteiger charge is 2.14. The van der Waals surface area contributed by atoms with Gasteiger partial charge >= 0.3 is 0 Å². The number of nitro groups is 1. The molecule has 0 aromatic heterocycles. The van der Waals surface area contributed by atoms with Gasteiger partial charge in [-0.05, 0) is 43.2 Å². The van der Waals surface area contributed by atoms with Crippen molar-refractivity contribution in [2.24, 2.45) is 0 Å². The minimum atomic E-state index is -0.552. The van der Waals surface area contributed by atoms with E-state index in [0.29, 0.717) is 10.8 Å². The van der Waals surface area contributed by atoms with Crippen molar-refractivity contribution in [2.75, 3.05) is 0 Å². The van der Waals surface area contributed by atoms with E-state index < -0.39 is 4.92 Å². The lowest BCUT2D eigenvalue weighted by atomic mass is 10.1. The maximum Gasteiger partial charge on any atom is 0.271 e. The van der Waals surface area contributed by atoms with Crippen LogP contribution < -0.4 is 4.74 Å². The molecule has 5 nitrogen and oxygen atoms in total. The second-order valence-electron chi connectivity index (χ2n) is 4.52. The lowest BCUT2D eigenvalue weighted by Gasteiger charge is -2.13. The number of benzene rings is 2. The maximum atomic E-state index is 10.7. The topological polar surface area (TPSA) is 76.2 Å². The highest BCUT2D eigenvalue weighted by molar-refractivity contribution is 6.30. The van der Waals surface area contributed by atoms with Crippen LogP contribution in [0.2, 0.25) is 5.02 Å². The molecule has 0 aliphatic heterocycles. The van der Waals surface area contributed by atoms with Crippen LogP contribution in [0.1, 0.15) is 16.7 Å². The Morgan fingerprint density at radius 3 is 2.38 bits per heavy atom. The summed E-state index contributed by atoms with van der Waals surface area (Å²) in [6, 6.07) is 9.32. The van der Waals surface area contributed by atoms with E-state index in [0.717, 1.165) is 11.1 Å². The summed E-state index contributed by atoms with van der Waals surface area (Å²) in [7, 11) is 0. The first-order valence-corrected chi connectivity index (χ1v) is 6.43. The Balaban J connectivity index is 2.46. The highest BCUT2D eigenvalue weighted by atomic mass is 35.5. The Hall–Kier alpha value is -2.58. The van der Waals surface area contributed by atoms with Crippen LogP contribution in [0.15, 0.2) is 30.3 Å². The average Bonchev–Trinajstić information content (AvgIpc) is 2.42. The first-order valence-electron chi connectivity index (χ1n) is 6.05. The molecular formula is C15H11ClN2O3. The number of aryl methyl sites for hydroxylation is 2. The third kappa shape index (κ3) is 3.12. The number of nitrogens with zero attached hydrogens (tertiary/aromatic N) is 2. The third-order valence-corrected chi connectivity index (χ3v) is 3.15. The molecule has 2 aromatic carbocycles. The predicted molar refractivity (Wildman–Crippen MR) is 78.8 cm³/mol. The first kappa shape index (κ1) is 14.8. The van der Waals surface area contributed by atoms with E-state index in [1.807, 2.05) is 19.9 Å². The molecule has 0 heterocycles. The van der Waals surface area contributed by atoms with Crippen molar-refractivity contribution in [1.82, 2.24) is 0 Å². The Morgan fingerprint density at radius 2 is 1.86 bits per heavy atom. The van der Waals surface area contributed by atoms with Gasteiger partial charge in [0.25, 0.3) is 5.69 Å². The van der Waals surface area contributed by atoms with Gasteiger partial charge in [0, 0.05) is 17.2 Å². The second kappa shape index (κ2) is 5.81. The van der Waals surface area contributed by atoms with Gasteiger partial charge < -0.3 is 4.74 Å². The fourth-order valence-electron chi connectivity index (χ4n) is 1.98. The Labute approximate surface area is 126 Å². The Bertz CT molecular complexity index is 743. The average molecular weight is 303 g/mol. The molecule has 0 saturated heterocycles. The zero-order valence-electron chi connectivity index (χ0n) is 11.4. The molecule has 2 aromatic rings. The number of hydrogen-bond donors (Lipinski definition) is 0. The largest absolute Gasteiger partial charge is 0.455 e. The lowest BCUT2D eigenvalue weighted by molar-refractivity contribution is -0.384. The molecule has 106 valence electrons. The zero-order valence-corrected chi connectivity index (χ0v) is 12.1. The Morgan fingerprint density at radius 1 is 1.24 bits per heavy atom. The molecule has 0 N–H and O–H groups in total. The molecule has 0 atom stereocenters. The van der Waals surface area contributed by atoms with E-state index in [1.165, 1.54) is 18.2 Å². The van der Waals surface area contributed by atoms with E-state index in [4.69, 9.17) is 21.6 Å². The summed E-state index contributed by atoms with van der Waals surface area (Å²) in [4.78, 5) is 10.2. The minimum absolute atomic E-state index is 0.109. The number of rotatable bonds is 3. The van der Waals surface area contributed by atoms with Crippen LogP contribution in [0.3, 0.4) is 0 Å². The quantitative estimate of drug-likeness (QED) is 0.616. The molecule has 0 fully saturated rings. The van der Waals surface area contributed by atoms with Crippen molar-refractivity contribution >= 4 is 17.3 Å². The van der Waals surface area contributed by atoms with E-state index in [9.17, 15) is 10.1 Å². The standard InChI is InChI=1S/C15H11ClN2O3/c1-9-5-12(16)6-10(2)15(9)21-14-4-3-13(18(19)20)7-11(14)8-17/h3-7H,1-2H3. The third-order valence-electron chi connectivity index (χ3n) is 2.93. The number of nitriles is 1. The van der Waals surface area contributed by atoms with Gasteiger partial charge in [-0.3, -0.25) is 10.1 Å². The van der Waals surface area contributed by atoms with E-state index in [2.05, 4.69) is 0 Å². The van der Waals surface area contributed by atoms with Gasteiger partial charge in [0.05, 0.1) is 4.92 Å². The number of hydrogen-bond acceptors (Lipinski definition) is 4. The first-order chi connectivity index (χ1) is 9.92. The van der Waals surface area contributed by atoms with Crippen LogP contribution in [0.4, 0.5) is 5.69 Å². The van der Waals surface area contributed by atoms with E-state index in [-0.39, 0.29) is 17.0 Å². The summed E-state index contributed by atoms with van der Waals surface area (Å²) < 4.78 is 5.75. The second-order valence-corrected chi connectivity index (χ2v) is 4.96. The molecule has 0 unspecified atom stereocenters. The maximum absolute atomic E-state index is 10.7. The van der Waals surface area contributed by atoms with Crippen molar-refractivity contribution < 1.29 is 9.66 Å². The molecule has 0 aliphatic carbocycles. The van der Waals surface area contributed by atoms with E-state index >= 15 is 0 Å². The zero-order chi connectivity index (χ0) is 15.6. The smallest absolute Gasteiger partial charge is 0.271 e. The molecule has 0 aliphatic rings. The number of halogens is 1. The fraction of sp³-hybridized carbons (Fsp3) is 0.133. The summed E-state index contributed by atoms with van der Waals surface area (Å²) in [5.41, 5.74) is 1.60. The normalized spacial score (nSPS) is 10.0. The highest BCUT2D eigenvalue weighted by Crippen LogP contribution is 2.34. The van der Waals surface area contributed by atoms with Gasteiger partial charge in [-0.25, -0.2) is 0 Å². The van der Waals surface area contributed by atoms with Crippen LogP contribution >= 0.6 is 11.6 Å². The molecule has 0 saturated carbocycles. The lowest BCUT2D eigenvalue weighted by Crippen LogP contribution is -1.95. The molecule has 0 radical (unpaired) electrons. The van der Waals surface area contributed by atoms with E-state index in [1.54, 1.807) is 12.1 Å². The van der Waals surface area contributed by atoms with Crippen molar-refractivity contribution in [3.05, 3.63) is 62.2 Å². The molecule has 21 heavy (non-hydrogen) atoms. The number of ether oxygens (including phenoxy) is 1. The molecule has 2 rings (SSSR count). The SMILES string of the molecule is Cc1cc(Cl)cc(C)c1Oc1ccc([N+](=O)[O-])cc1C#N. The van der Waals surface area contributed by atoms with Crippen molar-refractivity contribution in [3.8, 4) is 17.6 Å². The van der Waals surface area contributed by atoms with Crippen molar-refractivity contribution in [3.63, 3.8) is 0 Å². The molecular weight excluding hydrogens is 292 g/mol. The monoisotopic (exact) mass is 302 g/mol. The number of nitro benzene ring substituents is 1. The van der Waals surface area contributed by atoms with Gasteiger partial charge in [-0.2, -0.15) is 5.26 Å². The predicted octanol–water partition coefficient (Wildman–Crippen LogP) is 4.53. The van der Waals surface area contributed by atoms with Crippen LogP contribution in [0, 0.1) is 35.3 Å². The minimum Gasteiger partial charge on any atom is -0.455 e. The van der Waals surface area contributed by atoms with Crippen LogP contribution in [0.25, 0.3) is 0 Å². The number of non-ortho nitro benzene ring substituents is 1. The Kier molecular flexibility index (Phi) is 4.10. The summed E-state index contributed by atoms with van der Waals surface area (Å²) in [5.74, 6) is 0.862. The molecule has 0 bridgehead atoms. The van der Waals surface area contributed by atoms with Crippen LogP contribution in [-0.4, -0.2) is 4.92 Å². The molecule has 6 heteroatoms. The van der Waals surface area contributed by atoms with Gasteiger partial charge in [-0.1, -0.05) is 11.6 Å². The fourth-order valence-corrected chi connectivity index (χ4v) is 2.30. The van der Waals surface area contributed by atoms with Crippen LogP contribution in [0.5, 0.6) is 11.5 Å². The van der Waals surface area contributed by atoms with Gasteiger partial charge in [0.2, 0.25) is 0 Å². The summed E-state index contributed by atoms with van der Waals surface area (Å²) in [6.07, 6.45) is 0. The van der Waals surface area contributed by atoms with Crippen molar-refractivity contribution in [1.29, 1.82) is 5.26 Å². The van der Waals surface area contributed by atoms with Crippen LogP contribution in [-0.2, 0) is 0 Å². The molecule has 0 amide bonds.